The van der Waals surface area contributed by atoms with Gasteiger partial charge in [-0.1, -0.05) is 51.1 Å². The molecule has 2 N–H and O–H groups in total. The molecule has 6 nitrogen and oxygen atoms in total. The molecule has 0 aliphatic heterocycles. The molecule has 1 unspecified atom stereocenters. The predicted octanol–water partition coefficient (Wildman–Crippen LogP) is 3.27. The van der Waals surface area contributed by atoms with Crippen LogP contribution < -0.4 is 15.4 Å². The molecule has 2 aromatic carbocycles. The van der Waals surface area contributed by atoms with Crippen LogP contribution in [0.3, 0.4) is 0 Å². The van der Waals surface area contributed by atoms with Crippen molar-refractivity contribution in [2.45, 2.75) is 39.7 Å². The highest BCUT2D eigenvalue weighted by atomic mass is 16.5. The molecule has 6 heteroatoms. The molecule has 168 valence electrons. The number of hydrogen-bond acceptors (Lipinski definition) is 4. The fraction of sp³-hybridized carbons (Fsp3) is 0.440. The Morgan fingerprint density at radius 3 is 2.26 bits per heavy atom. The number of amides is 2. The lowest BCUT2D eigenvalue weighted by Gasteiger charge is -2.19. The highest BCUT2D eigenvalue weighted by Crippen LogP contribution is 2.14. The van der Waals surface area contributed by atoms with E-state index < -0.39 is 6.04 Å². The SMILES string of the molecule is CCCNC(=O)C(Cc1ccc(OCCN(CC)CC)cc1)NC(=O)c1ccccc1. The van der Waals surface area contributed by atoms with Gasteiger partial charge < -0.3 is 20.3 Å². The summed E-state index contributed by atoms with van der Waals surface area (Å²) in [6.45, 7) is 10.4. The van der Waals surface area contributed by atoms with Crippen molar-refractivity contribution in [2.24, 2.45) is 0 Å². The third-order valence-corrected chi connectivity index (χ3v) is 5.14. The van der Waals surface area contributed by atoms with Gasteiger partial charge in [0, 0.05) is 25.1 Å². The van der Waals surface area contributed by atoms with Gasteiger partial charge in [0.05, 0.1) is 0 Å². The van der Waals surface area contributed by atoms with Gasteiger partial charge in [-0.25, -0.2) is 0 Å². The summed E-state index contributed by atoms with van der Waals surface area (Å²) in [4.78, 5) is 27.5. The molecule has 2 rings (SSSR count). The van der Waals surface area contributed by atoms with Gasteiger partial charge in [0.2, 0.25) is 5.91 Å². The smallest absolute Gasteiger partial charge is 0.251 e. The number of hydrogen-bond donors (Lipinski definition) is 2. The molecule has 2 aromatic rings. The first-order chi connectivity index (χ1) is 15.1. The summed E-state index contributed by atoms with van der Waals surface area (Å²) in [6, 6.07) is 16.0. The summed E-state index contributed by atoms with van der Waals surface area (Å²) in [5, 5.41) is 5.76. The number of ether oxygens (including phenoxy) is 1. The summed E-state index contributed by atoms with van der Waals surface area (Å²) in [7, 11) is 0. The van der Waals surface area contributed by atoms with Crippen molar-refractivity contribution in [2.75, 3.05) is 32.8 Å². The molecule has 0 radical (unpaired) electrons. The molecular weight excluding hydrogens is 390 g/mol. The quantitative estimate of drug-likeness (QED) is 0.517. The second kappa shape index (κ2) is 13.4. The van der Waals surface area contributed by atoms with E-state index in [-0.39, 0.29) is 11.8 Å². The fourth-order valence-electron chi connectivity index (χ4n) is 3.20. The Labute approximate surface area is 186 Å². The summed E-state index contributed by atoms with van der Waals surface area (Å²) in [5.41, 5.74) is 1.49. The second-order valence-electron chi connectivity index (χ2n) is 7.41. The molecule has 0 spiro atoms. The number of likely N-dealkylation sites (N-methyl/N-ethyl adjacent to an activating group) is 1. The van der Waals surface area contributed by atoms with E-state index in [0.717, 1.165) is 37.4 Å². The number of carbonyl (C=O) groups is 2. The lowest BCUT2D eigenvalue weighted by Crippen LogP contribution is -2.48. The van der Waals surface area contributed by atoms with Gasteiger partial charge in [0.25, 0.3) is 5.91 Å². The minimum atomic E-state index is -0.645. The number of nitrogens with one attached hydrogen (secondary N) is 2. The monoisotopic (exact) mass is 425 g/mol. The standard InChI is InChI=1S/C25H35N3O3/c1-4-16-26-25(30)23(27-24(29)21-10-8-7-9-11-21)19-20-12-14-22(15-13-20)31-18-17-28(5-2)6-3/h7-15,23H,4-6,16-19H2,1-3H3,(H,26,30)(H,27,29). The average molecular weight is 426 g/mol. The third kappa shape index (κ3) is 8.42. The minimum Gasteiger partial charge on any atom is -0.492 e. The van der Waals surface area contributed by atoms with E-state index in [2.05, 4.69) is 29.4 Å². The van der Waals surface area contributed by atoms with Gasteiger partial charge in [-0.3, -0.25) is 9.59 Å². The highest BCUT2D eigenvalue weighted by molar-refractivity contribution is 5.97. The van der Waals surface area contributed by atoms with Crippen LogP contribution in [0.5, 0.6) is 5.75 Å². The third-order valence-electron chi connectivity index (χ3n) is 5.14. The fourth-order valence-corrected chi connectivity index (χ4v) is 3.20. The molecule has 0 saturated heterocycles. The van der Waals surface area contributed by atoms with Crippen molar-refractivity contribution < 1.29 is 14.3 Å². The summed E-state index contributed by atoms with van der Waals surface area (Å²) in [5.74, 6) is 0.371. The number of rotatable bonds is 13. The van der Waals surface area contributed by atoms with Crippen LogP contribution in [0.25, 0.3) is 0 Å². The predicted molar refractivity (Wildman–Crippen MR) is 124 cm³/mol. The normalized spacial score (nSPS) is 11.7. The Kier molecular flexibility index (Phi) is 10.6. The van der Waals surface area contributed by atoms with E-state index in [9.17, 15) is 9.59 Å². The van der Waals surface area contributed by atoms with Gasteiger partial charge in [0.1, 0.15) is 18.4 Å². The molecule has 0 aliphatic rings. The van der Waals surface area contributed by atoms with Crippen LogP contribution in [0.15, 0.2) is 54.6 Å². The summed E-state index contributed by atoms with van der Waals surface area (Å²) < 4.78 is 5.83. The first kappa shape index (κ1) is 24.4. The van der Waals surface area contributed by atoms with Crippen molar-refractivity contribution >= 4 is 11.8 Å². The Hall–Kier alpha value is -2.86. The van der Waals surface area contributed by atoms with E-state index >= 15 is 0 Å². The maximum atomic E-state index is 12.6. The Bertz CT molecular complexity index is 789. The molecule has 1 atom stereocenters. The van der Waals surface area contributed by atoms with Gasteiger partial charge in [0.15, 0.2) is 0 Å². The number of carbonyl (C=O) groups excluding carboxylic acids is 2. The van der Waals surface area contributed by atoms with Crippen LogP contribution in [-0.4, -0.2) is 55.5 Å². The molecule has 0 aliphatic carbocycles. The van der Waals surface area contributed by atoms with Crippen molar-refractivity contribution in [1.29, 1.82) is 0 Å². The Morgan fingerprint density at radius 1 is 0.968 bits per heavy atom. The van der Waals surface area contributed by atoms with Crippen molar-refractivity contribution in [3.05, 3.63) is 65.7 Å². The van der Waals surface area contributed by atoms with Crippen molar-refractivity contribution in [3.63, 3.8) is 0 Å². The topological polar surface area (TPSA) is 70.7 Å². The van der Waals surface area contributed by atoms with Gasteiger partial charge in [-0.2, -0.15) is 0 Å². The van der Waals surface area contributed by atoms with Crippen LogP contribution >= 0.6 is 0 Å². The Morgan fingerprint density at radius 2 is 1.65 bits per heavy atom. The van der Waals surface area contributed by atoms with E-state index in [1.54, 1.807) is 24.3 Å². The van der Waals surface area contributed by atoms with Crippen molar-refractivity contribution in [1.82, 2.24) is 15.5 Å². The van der Waals surface area contributed by atoms with E-state index in [1.165, 1.54) is 0 Å². The summed E-state index contributed by atoms with van der Waals surface area (Å²) in [6.07, 6.45) is 1.25. The molecule has 0 aromatic heterocycles. The van der Waals surface area contributed by atoms with Crippen molar-refractivity contribution in [3.8, 4) is 5.75 Å². The maximum Gasteiger partial charge on any atom is 0.251 e. The zero-order valence-electron chi connectivity index (χ0n) is 18.9. The van der Waals surface area contributed by atoms with Crippen LogP contribution in [0.2, 0.25) is 0 Å². The van der Waals surface area contributed by atoms with Gasteiger partial charge in [-0.05, 0) is 49.3 Å². The average Bonchev–Trinajstić information content (AvgIpc) is 2.81. The van der Waals surface area contributed by atoms with Crippen LogP contribution in [-0.2, 0) is 11.2 Å². The van der Waals surface area contributed by atoms with Gasteiger partial charge >= 0.3 is 0 Å². The molecule has 0 bridgehead atoms. The molecule has 0 heterocycles. The van der Waals surface area contributed by atoms with Crippen LogP contribution in [0, 0.1) is 0 Å². The molecule has 31 heavy (non-hydrogen) atoms. The molecular formula is C25H35N3O3. The first-order valence-electron chi connectivity index (χ1n) is 11.1. The number of benzene rings is 2. The molecule has 0 saturated carbocycles. The first-order valence-corrected chi connectivity index (χ1v) is 11.1. The lowest BCUT2D eigenvalue weighted by atomic mass is 10.0. The molecule has 0 fully saturated rings. The van der Waals surface area contributed by atoms with Gasteiger partial charge in [-0.15, -0.1) is 0 Å². The number of nitrogens with zero attached hydrogens (tertiary/aromatic N) is 1. The zero-order valence-corrected chi connectivity index (χ0v) is 18.9. The van der Waals surface area contributed by atoms with Crippen LogP contribution in [0.4, 0.5) is 0 Å². The van der Waals surface area contributed by atoms with E-state index in [0.29, 0.717) is 25.1 Å². The zero-order chi connectivity index (χ0) is 22.5. The maximum absolute atomic E-state index is 12.6. The van der Waals surface area contributed by atoms with Crippen LogP contribution in [0.1, 0.15) is 43.1 Å². The lowest BCUT2D eigenvalue weighted by molar-refractivity contribution is -0.122. The minimum absolute atomic E-state index is 0.175. The summed E-state index contributed by atoms with van der Waals surface area (Å²) >= 11 is 0. The molecule has 2 amide bonds. The highest BCUT2D eigenvalue weighted by Gasteiger charge is 2.21. The second-order valence-corrected chi connectivity index (χ2v) is 7.41. The largest absolute Gasteiger partial charge is 0.492 e. The Balaban J connectivity index is 1.99. The van der Waals surface area contributed by atoms with E-state index in [4.69, 9.17) is 4.74 Å². The van der Waals surface area contributed by atoms with E-state index in [1.807, 2.05) is 37.3 Å².